The number of nitrogens with one attached hydrogen (secondary N) is 1. The summed E-state index contributed by atoms with van der Waals surface area (Å²) in [7, 11) is 1.51. The number of anilines is 1. The minimum atomic E-state index is -1.14. The number of nitrogens with zero attached hydrogens (tertiary/aromatic N) is 2. The second kappa shape index (κ2) is 12.4. The summed E-state index contributed by atoms with van der Waals surface area (Å²) in [5.41, 5.74) is 1.05. The van der Waals surface area contributed by atoms with Crippen molar-refractivity contribution < 1.29 is 33.3 Å². The van der Waals surface area contributed by atoms with Crippen LogP contribution in [0.25, 0.3) is 0 Å². The van der Waals surface area contributed by atoms with Crippen molar-refractivity contribution >= 4 is 23.7 Å². The number of amides is 1. The van der Waals surface area contributed by atoms with Crippen molar-refractivity contribution in [1.82, 2.24) is 9.97 Å². The van der Waals surface area contributed by atoms with Gasteiger partial charge in [0.25, 0.3) is 5.91 Å². The predicted molar refractivity (Wildman–Crippen MR) is 139 cm³/mol. The number of aromatic nitrogens is 2. The van der Waals surface area contributed by atoms with Gasteiger partial charge < -0.3 is 18.9 Å². The Bertz CT molecular complexity index is 1370. The Kier molecular flexibility index (Phi) is 8.72. The summed E-state index contributed by atoms with van der Waals surface area (Å²) in [4.78, 5) is 57.8. The normalized spacial score (nSPS) is 18.3. The average Bonchev–Trinajstić information content (AvgIpc) is 3.31. The second-order valence-electron chi connectivity index (χ2n) is 8.96. The van der Waals surface area contributed by atoms with E-state index in [0.29, 0.717) is 17.7 Å². The zero-order valence-corrected chi connectivity index (χ0v) is 21.8. The van der Waals surface area contributed by atoms with Crippen molar-refractivity contribution in [3.8, 4) is 5.75 Å². The van der Waals surface area contributed by atoms with Crippen LogP contribution >= 0.6 is 0 Å². The van der Waals surface area contributed by atoms with Crippen molar-refractivity contribution in [2.24, 2.45) is 0 Å². The van der Waals surface area contributed by atoms with E-state index in [0.717, 1.165) is 5.56 Å². The highest BCUT2D eigenvalue weighted by Gasteiger charge is 2.45. The largest absolute Gasteiger partial charge is 0.497 e. The summed E-state index contributed by atoms with van der Waals surface area (Å²) in [5.74, 6) is -0.900. The van der Waals surface area contributed by atoms with E-state index >= 15 is 0 Å². The maximum Gasteiger partial charge on any atom is 0.346 e. The molecule has 2 heterocycles. The highest BCUT2D eigenvalue weighted by atomic mass is 16.6. The summed E-state index contributed by atoms with van der Waals surface area (Å²) in [6, 6.07) is 15.9. The zero-order valence-electron chi connectivity index (χ0n) is 21.8. The Hall–Kier alpha value is -4.51. The van der Waals surface area contributed by atoms with Crippen LogP contribution in [0, 0.1) is 0 Å². The van der Waals surface area contributed by atoms with Crippen molar-refractivity contribution in [3.05, 3.63) is 88.0 Å². The summed E-state index contributed by atoms with van der Waals surface area (Å²) in [5, 5.41) is 0. The molecule has 3 atom stereocenters. The standard InChI is InChI=1S/C28H29N3O8/c1-17(32)37-16-23-14-24(38-18(2)33)27(39-23)31(26(34)20-9-11-22(36-3)12-10-20)25-21(15-29-28(35)30-25)13-19-7-5-4-6-8-19/h4-12,15,23-24,27H,13-14,16H2,1-3H3,(H,29,30,35)/t23-,24+,27+/m0/s1. The monoisotopic (exact) mass is 535 g/mol. The van der Waals surface area contributed by atoms with Gasteiger partial charge in [0, 0.05) is 44.0 Å². The van der Waals surface area contributed by atoms with Crippen LogP contribution in [-0.2, 0) is 30.2 Å². The highest BCUT2D eigenvalue weighted by molar-refractivity contribution is 6.06. The fourth-order valence-corrected chi connectivity index (χ4v) is 4.37. The Morgan fingerprint density at radius 3 is 2.41 bits per heavy atom. The van der Waals surface area contributed by atoms with E-state index in [4.69, 9.17) is 18.9 Å². The van der Waals surface area contributed by atoms with Crippen LogP contribution in [-0.4, -0.2) is 60.0 Å². The Labute approximate surface area is 224 Å². The lowest BCUT2D eigenvalue weighted by Crippen LogP contribution is -2.48. The molecule has 0 unspecified atom stereocenters. The first-order chi connectivity index (χ1) is 18.7. The molecule has 11 nitrogen and oxygen atoms in total. The summed E-state index contributed by atoms with van der Waals surface area (Å²) in [6.45, 7) is 2.42. The van der Waals surface area contributed by atoms with Gasteiger partial charge in [-0.15, -0.1) is 0 Å². The van der Waals surface area contributed by atoms with Gasteiger partial charge in [-0.1, -0.05) is 30.3 Å². The number of methoxy groups -OCH3 is 1. The first-order valence-corrected chi connectivity index (χ1v) is 12.3. The number of rotatable bonds is 9. The molecule has 2 aromatic carbocycles. The van der Waals surface area contributed by atoms with Gasteiger partial charge >= 0.3 is 17.6 Å². The number of benzene rings is 2. The third-order valence-corrected chi connectivity index (χ3v) is 6.09. The Morgan fingerprint density at radius 1 is 1.05 bits per heavy atom. The lowest BCUT2D eigenvalue weighted by Gasteiger charge is -2.32. The van der Waals surface area contributed by atoms with E-state index < -0.39 is 42.0 Å². The van der Waals surface area contributed by atoms with E-state index in [2.05, 4.69) is 9.97 Å². The molecule has 39 heavy (non-hydrogen) atoms. The predicted octanol–water partition coefficient (Wildman–Crippen LogP) is 2.63. The van der Waals surface area contributed by atoms with Crippen LogP contribution < -0.4 is 15.3 Å². The molecule has 204 valence electrons. The number of ether oxygens (including phenoxy) is 4. The summed E-state index contributed by atoms with van der Waals surface area (Å²) >= 11 is 0. The van der Waals surface area contributed by atoms with Crippen molar-refractivity contribution in [3.63, 3.8) is 0 Å². The van der Waals surface area contributed by atoms with E-state index in [1.54, 1.807) is 24.3 Å². The van der Waals surface area contributed by atoms with Crippen molar-refractivity contribution in [2.75, 3.05) is 18.6 Å². The molecule has 1 aliphatic rings. The summed E-state index contributed by atoms with van der Waals surface area (Å²) in [6.07, 6.45) is -0.813. The highest BCUT2D eigenvalue weighted by Crippen LogP contribution is 2.33. The van der Waals surface area contributed by atoms with Gasteiger partial charge in [0.15, 0.2) is 6.23 Å². The van der Waals surface area contributed by atoms with Crippen molar-refractivity contribution in [2.45, 2.75) is 45.1 Å². The molecule has 3 aromatic rings. The van der Waals surface area contributed by atoms with Crippen LogP contribution in [0.2, 0.25) is 0 Å². The maximum atomic E-state index is 14.1. The van der Waals surface area contributed by atoms with Gasteiger partial charge in [0.05, 0.1) is 13.2 Å². The van der Waals surface area contributed by atoms with Crippen LogP contribution in [0.4, 0.5) is 5.82 Å². The van der Waals surface area contributed by atoms with E-state index in [1.807, 2.05) is 30.3 Å². The van der Waals surface area contributed by atoms with Crippen LogP contribution in [0.5, 0.6) is 5.75 Å². The Morgan fingerprint density at radius 2 is 1.77 bits per heavy atom. The molecule has 1 aliphatic heterocycles. The molecule has 1 saturated heterocycles. The Balaban J connectivity index is 1.81. The van der Waals surface area contributed by atoms with Crippen LogP contribution in [0.15, 0.2) is 65.6 Å². The van der Waals surface area contributed by atoms with Crippen LogP contribution in [0.3, 0.4) is 0 Å². The van der Waals surface area contributed by atoms with Gasteiger partial charge in [0.1, 0.15) is 24.3 Å². The van der Waals surface area contributed by atoms with Gasteiger partial charge in [-0.25, -0.2) is 9.78 Å². The lowest BCUT2D eigenvalue weighted by atomic mass is 10.1. The minimum absolute atomic E-state index is 0.0993. The molecule has 0 spiro atoms. The van der Waals surface area contributed by atoms with E-state index in [-0.39, 0.29) is 24.4 Å². The van der Waals surface area contributed by atoms with Crippen molar-refractivity contribution in [1.29, 1.82) is 0 Å². The number of carbonyl (C=O) groups is 3. The average molecular weight is 536 g/mol. The molecule has 11 heteroatoms. The number of aromatic amines is 1. The second-order valence-corrected chi connectivity index (χ2v) is 8.96. The SMILES string of the molecule is COc1ccc(C(=O)N(c2[nH]c(=O)ncc2Cc2ccccc2)[C@@H]2O[C@H](COC(C)=O)C[C@H]2OC(C)=O)cc1. The fraction of sp³-hybridized carbons (Fsp3) is 0.321. The molecule has 1 amide bonds. The first kappa shape index (κ1) is 27.5. The molecule has 1 N–H and O–H groups in total. The molecule has 0 aliphatic carbocycles. The van der Waals surface area contributed by atoms with Gasteiger partial charge in [0.2, 0.25) is 0 Å². The number of carbonyl (C=O) groups excluding carboxylic acids is 3. The molecule has 1 fully saturated rings. The summed E-state index contributed by atoms with van der Waals surface area (Å²) < 4.78 is 22.0. The smallest absolute Gasteiger partial charge is 0.346 e. The minimum Gasteiger partial charge on any atom is -0.497 e. The van der Waals surface area contributed by atoms with Gasteiger partial charge in [-0.2, -0.15) is 0 Å². The molecule has 0 radical (unpaired) electrons. The third kappa shape index (κ3) is 6.88. The molecule has 4 rings (SSSR count). The van der Waals surface area contributed by atoms with Gasteiger partial charge in [-0.3, -0.25) is 24.3 Å². The maximum absolute atomic E-state index is 14.1. The number of esters is 2. The molecule has 0 saturated carbocycles. The van der Waals surface area contributed by atoms with E-state index in [1.165, 1.54) is 32.1 Å². The fourth-order valence-electron chi connectivity index (χ4n) is 4.37. The quantitative estimate of drug-likeness (QED) is 0.410. The van der Waals surface area contributed by atoms with E-state index in [9.17, 15) is 19.2 Å². The van der Waals surface area contributed by atoms with Gasteiger partial charge in [-0.05, 0) is 29.8 Å². The van der Waals surface area contributed by atoms with Crippen LogP contribution in [0.1, 0.15) is 41.8 Å². The zero-order chi connectivity index (χ0) is 27.9. The number of H-pyrrole nitrogens is 1. The number of hydrogen-bond acceptors (Lipinski definition) is 9. The topological polar surface area (TPSA) is 137 Å². The third-order valence-electron chi connectivity index (χ3n) is 6.09. The molecular weight excluding hydrogens is 506 g/mol. The lowest BCUT2D eigenvalue weighted by molar-refractivity contribution is -0.149. The molecular formula is C28H29N3O8. The molecule has 0 bridgehead atoms. The molecule has 1 aromatic heterocycles. The number of hydrogen-bond donors (Lipinski definition) is 1. The first-order valence-electron chi connectivity index (χ1n) is 12.3.